The van der Waals surface area contributed by atoms with Gasteiger partial charge in [0.15, 0.2) is 0 Å². The van der Waals surface area contributed by atoms with E-state index in [-0.39, 0.29) is 11.5 Å². The number of aromatic amines is 1. The van der Waals surface area contributed by atoms with Gasteiger partial charge in [-0.25, -0.2) is 0 Å². The lowest BCUT2D eigenvalue weighted by molar-refractivity contribution is -0.137. The average Bonchev–Trinajstić information content (AvgIpc) is 3.23. The van der Waals surface area contributed by atoms with Crippen molar-refractivity contribution in [3.63, 3.8) is 0 Å². The zero-order chi connectivity index (χ0) is 26.7. The topological polar surface area (TPSA) is 48.0 Å². The normalized spacial score (nSPS) is 18.6. The number of aliphatic hydroxyl groups is 1. The van der Waals surface area contributed by atoms with Crippen molar-refractivity contribution >= 4 is 16.6 Å². The molecule has 1 aliphatic rings. The van der Waals surface area contributed by atoms with Crippen molar-refractivity contribution in [2.75, 3.05) is 5.32 Å². The Morgan fingerprint density at radius 2 is 1.68 bits per heavy atom. The molecule has 0 amide bonds. The van der Waals surface area contributed by atoms with Gasteiger partial charge in [0.1, 0.15) is 0 Å². The zero-order valence-electron chi connectivity index (χ0n) is 21.4. The van der Waals surface area contributed by atoms with Gasteiger partial charge in [-0.3, -0.25) is 0 Å². The maximum Gasteiger partial charge on any atom is 0.417 e. The van der Waals surface area contributed by atoms with Gasteiger partial charge in [0.25, 0.3) is 0 Å². The van der Waals surface area contributed by atoms with Crippen LogP contribution < -0.4 is 5.32 Å². The van der Waals surface area contributed by atoms with E-state index in [1.165, 1.54) is 12.1 Å². The van der Waals surface area contributed by atoms with Gasteiger partial charge < -0.3 is 15.4 Å². The molecule has 4 aromatic rings. The minimum Gasteiger partial charge on any atom is -0.390 e. The van der Waals surface area contributed by atoms with Gasteiger partial charge in [0, 0.05) is 45.4 Å². The van der Waals surface area contributed by atoms with Crippen molar-refractivity contribution in [2.45, 2.75) is 58.4 Å². The summed E-state index contributed by atoms with van der Waals surface area (Å²) in [5.74, 6) is 5.67. The minimum absolute atomic E-state index is 0.0819. The SMILES string of the molecule is Cc1cc(-c2cccc3c(C)c[nH]c23)c(C#Cc2ccccc2C(F)(F)F)c2c1NC(C)(C)C(O)[C@H]2C. The number of fused-ring (bicyclic) bond motifs is 2. The molecule has 6 heteroatoms. The largest absolute Gasteiger partial charge is 0.417 e. The number of rotatable bonds is 1. The third-order valence-corrected chi connectivity index (χ3v) is 7.45. The predicted octanol–water partition coefficient (Wildman–Crippen LogP) is 7.54. The summed E-state index contributed by atoms with van der Waals surface area (Å²) in [6, 6.07) is 13.4. The fourth-order valence-corrected chi connectivity index (χ4v) is 5.48. The van der Waals surface area contributed by atoms with E-state index >= 15 is 0 Å². The molecular weight excluding hydrogens is 473 g/mol. The Labute approximate surface area is 214 Å². The molecule has 3 N–H and O–H groups in total. The highest BCUT2D eigenvalue weighted by atomic mass is 19.4. The molecule has 0 saturated carbocycles. The molecule has 37 heavy (non-hydrogen) atoms. The van der Waals surface area contributed by atoms with Crippen molar-refractivity contribution in [3.8, 4) is 23.0 Å². The van der Waals surface area contributed by atoms with Gasteiger partial charge in [-0.15, -0.1) is 0 Å². The van der Waals surface area contributed by atoms with Crippen LogP contribution in [0.25, 0.3) is 22.0 Å². The van der Waals surface area contributed by atoms with Crippen LogP contribution in [0.4, 0.5) is 18.9 Å². The quantitative estimate of drug-likeness (QED) is 0.236. The summed E-state index contributed by atoms with van der Waals surface area (Å²) in [7, 11) is 0. The van der Waals surface area contributed by atoms with E-state index in [0.717, 1.165) is 50.5 Å². The molecule has 0 radical (unpaired) electrons. The molecule has 3 nitrogen and oxygen atoms in total. The monoisotopic (exact) mass is 502 g/mol. The molecule has 0 spiro atoms. The third kappa shape index (κ3) is 4.18. The molecule has 1 aromatic heterocycles. The molecular formula is C31H29F3N2O. The fourth-order valence-electron chi connectivity index (χ4n) is 5.48. The molecule has 0 saturated heterocycles. The highest BCUT2D eigenvalue weighted by molar-refractivity contribution is 5.98. The maximum atomic E-state index is 13.7. The Morgan fingerprint density at radius 3 is 2.41 bits per heavy atom. The lowest BCUT2D eigenvalue weighted by atomic mass is 9.75. The smallest absolute Gasteiger partial charge is 0.390 e. The first kappa shape index (κ1) is 25.0. The Balaban J connectivity index is 1.84. The lowest BCUT2D eigenvalue weighted by Crippen LogP contribution is -2.50. The Bertz CT molecular complexity index is 1580. The van der Waals surface area contributed by atoms with Gasteiger partial charge in [-0.05, 0) is 62.6 Å². The maximum absolute atomic E-state index is 13.7. The van der Waals surface area contributed by atoms with Crippen molar-refractivity contribution in [3.05, 3.63) is 88.1 Å². The van der Waals surface area contributed by atoms with Crippen LogP contribution in [0.1, 0.15) is 60.1 Å². The van der Waals surface area contributed by atoms with Crippen LogP contribution in [0, 0.1) is 25.7 Å². The molecule has 190 valence electrons. The standard InChI is InChI=1S/C31H29F3N2O/c1-17-15-24(23-11-8-10-21-18(2)16-35-28(21)23)22(26-19(3)29(37)30(4,5)36-27(17)26)14-13-20-9-6-7-12-25(20)31(32,33)34/h6-12,15-16,19,29,35-37H,1-5H3/t19-,29?/m0/s1. The molecule has 2 heterocycles. The fraction of sp³-hybridized carbons (Fsp3) is 0.290. The van der Waals surface area contributed by atoms with Gasteiger partial charge >= 0.3 is 6.18 Å². The molecule has 0 aliphatic carbocycles. The average molecular weight is 503 g/mol. The molecule has 1 unspecified atom stereocenters. The van der Waals surface area contributed by atoms with Crippen LogP contribution >= 0.6 is 0 Å². The van der Waals surface area contributed by atoms with E-state index in [1.807, 2.05) is 65.1 Å². The molecule has 0 bridgehead atoms. The number of hydrogen-bond donors (Lipinski definition) is 3. The molecule has 5 rings (SSSR count). The lowest BCUT2D eigenvalue weighted by Gasteiger charge is -2.43. The summed E-state index contributed by atoms with van der Waals surface area (Å²) >= 11 is 0. The Hall–Kier alpha value is -3.69. The number of anilines is 1. The number of benzene rings is 3. The van der Waals surface area contributed by atoms with Crippen LogP contribution in [0.3, 0.4) is 0 Å². The number of halogens is 3. The summed E-state index contributed by atoms with van der Waals surface area (Å²) in [6.45, 7) is 9.87. The van der Waals surface area contributed by atoms with E-state index in [2.05, 4.69) is 22.1 Å². The summed E-state index contributed by atoms with van der Waals surface area (Å²) in [4.78, 5) is 3.36. The molecule has 1 aliphatic heterocycles. The van der Waals surface area contributed by atoms with E-state index in [1.54, 1.807) is 6.07 Å². The molecule has 2 atom stereocenters. The van der Waals surface area contributed by atoms with E-state index < -0.39 is 23.4 Å². The van der Waals surface area contributed by atoms with Crippen LogP contribution in [0.5, 0.6) is 0 Å². The van der Waals surface area contributed by atoms with E-state index in [9.17, 15) is 18.3 Å². The third-order valence-electron chi connectivity index (χ3n) is 7.45. The second-order valence-corrected chi connectivity index (χ2v) is 10.5. The predicted molar refractivity (Wildman–Crippen MR) is 143 cm³/mol. The second kappa shape index (κ2) is 8.71. The number of H-pyrrole nitrogens is 1. The highest BCUT2D eigenvalue weighted by Crippen LogP contribution is 2.46. The van der Waals surface area contributed by atoms with Gasteiger partial charge in [0.2, 0.25) is 0 Å². The summed E-state index contributed by atoms with van der Waals surface area (Å²) in [6.07, 6.45) is -3.29. The van der Waals surface area contributed by atoms with E-state index in [0.29, 0.717) is 5.56 Å². The number of alkyl halides is 3. The summed E-state index contributed by atoms with van der Waals surface area (Å²) in [5.41, 5.74) is 5.64. The van der Waals surface area contributed by atoms with Crippen molar-refractivity contribution in [1.82, 2.24) is 4.98 Å². The first-order valence-corrected chi connectivity index (χ1v) is 12.3. The number of aliphatic hydroxyl groups excluding tert-OH is 1. The van der Waals surface area contributed by atoms with Crippen molar-refractivity contribution in [2.24, 2.45) is 0 Å². The summed E-state index contributed by atoms with van der Waals surface area (Å²) < 4.78 is 41.1. The zero-order valence-corrected chi connectivity index (χ0v) is 21.4. The van der Waals surface area contributed by atoms with Crippen LogP contribution in [-0.2, 0) is 6.18 Å². The van der Waals surface area contributed by atoms with Crippen molar-refractivity contribution in [1.29, 1.82) is 0 Å². The molecule has 0 fully saturated rings. The van der Waals surface area contributed by atoms with Gasteiger partial charge in [-0.2, -0.15) is 13.2 Å². The number of aryl methyl sites for hydroxylation is 2. The van der Waals surface area contributed by atoms with Crippen LogP contribution in [0.15, 0.2) is 54.7 Å². The number of nitrogens with one attached hydrogen (secondary N) is 2. The minimum atomic E-state index is -4.51. The van der Waals surface area contributed by atoms with Crippen molar-refractivity contribution < 1.29 is 18.3 Å². The van der Waals surface area contributed by atoms with Gasteiger partial charge in [-0.1, -0.05) is 49.1 Å². The number of hydrogen-bond acceptors (Lipinski definition) is 2. The number of para-hydroxylation sites is 1. The number of aromatic nitrogens is 1. The Morgan fingerprint density at radius 1 is 0.946 bits per heavy atom. The molecule has 3 aromatic carbocycles. The second-order valence-electron chi connectivity index (χ2n) is 10.5. The first-order valence-electron chi connectivity index (χ1n) is 12.3. The van der Waals surface area contributed by atoms with E-state index in [4.69, 9.17) is 0 Å². The van der Waals surface area contributed by atoms with Crippen LogP contribution in [0.2, 0.25) is 0 Å². The Kier molecular flexibility index (Phi) is 5.88. The highest BCUT2D eigenvalue weighted by Gasteiger charge is 2.41. The first-order chi connectivity index (χ1) is 17.4. The van der Waals surface area contributed by atoms with Gasteiger partial charge in [0.05, 0.1) is 22.7 Å². The summed E-state index contributed by atoms with van der Waals surface area (Å²) in [5, 5.41) is 15.7. The van der Waals surface area contributed by atoms with Crippen LogP contribution in [-0.4, -0.2) is 21.7 Å².